The summed E-state index contributed by atoms with van der Waals surface area (Å²) in [4.78, 5) is 4.46. The van der Waals surface area contributed by atoms with Crippen LogP contribution in [0.4, 0.5) is 0 Å². The number of aliphatic hydroxyl groups is 1. The SMILES string of the molecule is COC(c1noc(CC2CCCCC2O)n1)C(C)(C)C. The highest BCUT2D eigenvalue weighted by Gasteiger charge is 2.31. The molecule has 1 saturated carbocycles. The number of ether oxygens (including phenoxy) is 1. The topological polar surface area (TPSA) is 68.4 Å². The van der Waals surface area contributed by atoms with Gasteiger partial charge in [0.05, 0.1) is 6.10 Å². The molecule has 0 aromatic carbocycles. The Labute approximate surface area is 120 Å². The van der Waals surface area contributed by atoms with Gasteiger partial charge in [-0.1, -0.05) is 38.8 Å². The summed E-state index contributed by atoms with van der Waals surface area (Å²) in [6, 6.07) is 0. The van der Waals surface area contributed by atoms with Crippen molar-refractivity contribution in [1.29, 1.82) is 0 Å². The number of hydrogen-bond acceptors (Lipinski definition) is 5. The number of nitrogens with zero attached hydrogens (tertiary/aromatic N) is 2. The third kappa shape index (κ3) is 3.58. The third-order valence-corrected chi connectivity index (χ3v) is 4.05. The van der Waals surface area contributed by atoms with E-state index in [2.05, 4.69) is 30.9 Å². The van der Waals surface area contributed by atoms with Crippen LogP contribution in [-0.2, 0) is 11.2 Å². The number of methoxy groups -OCH3 is 1. The van der Waals surface area contributed by atoms with E-state index in [1.165, 1.54) is 6.42 Å². The summed E-state index contributed by atoms with van der Waals surface area (Å²) < 4.78 is 10.8. The van der Waals surface area contributed by atoms with Gasteiger partial charge in [-0.05, 0) is 24.2 Å². The summed E-state index contributed by atoms with van der Waals surface area (Å²) in [5.74, 6) is 1.45. The molecule has 1 fully saturated rings. The molecule has 5 heteroatoms. The molecular weight excluding hydrogens is 256 g/mol. The number of hydrogen-bond donors (Lipinski definition) is 1. The van der Waals surface area contributed by atoms with Crippen molar-refractivity contribution in [2.75, 3.05) is 7.11 Å². The number of aromatic nitrogens is 2. The van der Waals surface area contributed by atoms with Crippen LogP contribution >= 0.6 is 0 Å². The number of rotatable bonds is 4. The first-order valence-corrected chi connectivity index (χ1v) is 7.45. The van der Waals surface area contributed by atoms with Crippen LogP contribution in [0.3, 0.4) is 0 Å². The Balaban J connectivity index is 2.05. The van der Waals surface area contributed by atoms with Crippen LogP contribution in [0.25, 0.3) is 0 Å². The highest BCUT2D eigenvalue weighted by atomic mass is 16.5. The van der Waals surface area contributed by atoms with Crippen molar-refractivity contribution in [2.24, 2.45) is 11.3 Å². The molecule has 3 unspecified atom stereocenters. The molecule has 2 rings (SSSR count). The molecule has 0 amide bonds. The van der Waals surface area contributed by atoms with Gasteiger partial charge in [-0.25, -0.2) is 0 Å². The average molecular weight is 282 g/mol. The molecule has 1 aromatic heterocycles. The van der Waals surface area contributed by atoms with Gasteiger partial charge >= 0.3 is 0 Å². The van der Waals surface area contributed by atoms with Gasteiger partial charge in [0.25, 0.3) is 0 Å². The molecule has 1 N–H and O–H groups in total. The maximum absolute atomic E-state index is 10.0. The van der Waals surface area contributed by atoms with Gasteiger partial charge in [0, 0.05) is 13.5 Å². The first kappa shape index (κ1) is 15.4. The summed E-state index contributed by atoms with van der Waals surface area (Å²) in [5.41, 5.74) is -0.0831. The maximum Gasteiger partial charge on any atom is 0.227 e. The Kier molecular flexibility index (Phi) is 4.81. The molecule has 0 bridgehead atoms. The van der Waals surface area contributed by atoms with Crippen LogP contribution in [-0.4, -0.2) is 28.5 Å². The highest BCUT2D eigenvalue weighted by molar-refractivity contribution is 4.97. The summed E-state index contributed by atoms with van der Waals surface area (Å²) in [5, 5.41) is 14.1. The first-order chi connectivity index (χ1) is 9.41. The van der Waals surface area contributed by atoms with Gasteiger partial charge < -0.3 is 14.4 Å². The lowest BCUT2D eigenvalue weighted by molar-refractivity contribution is 0.00718. The van der Waals surface area contributed by atoms with Crippen LogP contribution in [0.15, 0.2) is 4.52 Å². The van der Waals surface area contributed by atoms with E-state index in [0.717, 1.165) is 19.3 Å². The minimum absolute atomic E-state index is 0.0831. The molecule has 0 radical (unpaired) electrons. The quantitative estimate of drug-likeness (QED) is 0.919. The van der Waals surface area contributed by atoms with E-state index < -0.39 is 0 Å². The zero-order chi connectivity index (χ0) is 14.8. The van der Waals surface area contributed by atoms with Gasteiger partial charge in [-0.3, -0.25) is 0 Å². The molecule has 0 aliphatic heterocycles. The standard InChI is InChI=1S/C15H26N2O3/c1-15(2,3)13(19-4)14-16-12(20-17-14)9-10-7-5-6-8-11(10)18/h10-11,13,18H,5-9H2,1-4H3. The summed E-state index contributed by atoms with van der Waals surface area (Å²) in [6.45, 7) is 6.26. The van der Waals surface area contributed by atoms with E-state index in [1.54, 1.807) is 7.11 Å². The van der Waals surface area contributed by atoms with Crippen LogP contribution < -0.4 is 0 Å². The lowest BCUT2D eigenvalue weighted by Crippen LogP contribution is -2.26. The van der Waals surface area contributed by atoms with E-state index >= 15 is 0 Å². The van der Waals surface area contributed by atoms with Crippen LogP contribution in [0, 0.1) is 11.3 Å². The Morgan fingerprint density at radius 3 is 2.65 bits per heavy atom. The second-order valence-corrected chi connectivity index (χ2v) is 6.84. The minimum atomic E-state index is -0.236. The predicted molar refractivity (Wildman–Crippen MR) is 75.2 cm³/mol. The number of aliphatic hydroxyl groups excluding tert-OH is 1. The Morgan fingerprint density at radius 2 is 2.05 bits per heavy atom. The van der Waals surface area contributed by atoms with Crippen molar-refractivity contribution in [3.8, 4) is 0 Å². The second kappa shape index (κ2) is 6.22. The van der Waals surface area contributed by atoms with E-state index in [-0.39, 0.29) is 23.5 Å². The fourth-order valence-corrected chi connectivity index (χ4v) is 2.95. The molecule has 0 spiro atoms. The Bertz CT molecular complexity index is 425. The molecular formula is C15H26N2O3. The zero-order valence-electron chi connectivity index (χ0n) is 12.9. The molecule has 114 valence electrons. The second-order valence-electron chi connectivity index (χ2n) is 6.84. The van der Waals surface area contributed by atoms with Crippen molar-refractivity contribution in [3.05, 3.63) is 11.7 Å². The molecule has 5 nitrogen and oxygen atoms in total. The van der Waals surface area contributed by atoms with Crippen molar-refractivity contribution in [2.45, 2.75) is 65.1 Å². The monoisotopic (exact) mass is 282 g/mol. The largest absolute Gasteiger partial charge is 0.393 e. The van der Waals surface area contributed by atoms with Gasteiger partial charge in [-0.15, -0.1) is 0 Å². The fraction of sp³-hybridized carbons (Fsp3) is 0.867. The third-order valence-electron chi connectivity index (χ3n) is 4.05. The van der Waals surface area contributed by atoms with Crippen LogP contribution in [0.2, 0.25) is 0 Å². The van der Waals surface area contributed by atoms with Crippen molar-refractivity contribution in [1.82, 2.24) is 10.1 Å². The molecule has 0 saturated heterocycles. The van der Waals surface area contributed by atoms with Crippen molar-refractivity contribution >= 4 is 0 Å². The van der Waals surface area contributed by atoms with Crippen molar-refractivity contribution in [3.63, 3.8) is 0 Å². The smallest absolute Gasteiger partial charge is 0.227 e. The van der Waals surface area contributed by atoms with Gasteiger partial charge in [0.2, 0.25) is 11.7 Å². The fourth-order valence-electron chi connectivity index (χ4n) is 2.95. The highest BCUT2D eigenvalue weighted by Crippen LogP contribution is 2.34. The van der Waals surface area contributed by atoms with Gasteiger partial charge in [0.15, 0.2) is 0 Å². The summed E-state index contributed by atoms with van der Waals surface area (Å²) >= 11 is 0. The Morgan fingerprint density at radius 1 is 1.35 bits per heavy atom. The van der Waals surface area contributed by atoms with E-state index in [1.807, 2.05) is 0 Å². The van der Waals surface area contributed by atoms with Crippen LogP contribution in [0.5, 0.6) is 0 Å². The molecule has 20 heavy (non-hydrogen) atoms. The minimum Gasteiger partial charge on any atom is -0.393 e. The first-order valence-electron chi connectivity index (χ1n) is 7.45. The van der Waals surface area contributed by atoms with E-state index in [0.29, 0.717) is 18.1 Å². The van der Waals surface area contributed by atoms with Gasteiger partial charge in [-0.2, -0.15) is 4.98 Å². The van der Waals surface area contributed by atoms with Crippen LogP contribution in [0.1, 0.15) is 64.3 Å². The van der Waals surface area contributed by atoms with E-state index in [4.69, 9.17) is 9.26 Å². The van der Waals surface area contributed by atoms with Crippen molar-refractivity contribution < 1.29 is 14.4 Å². The Hall–Kier alpha value is -0.940. The molecule has 3 atom stereocenters. The summed E-state index contributed by atoms with van der Waals surface area (Å²) in [6.07, 6.45) is 4.44. The molecule has 1 aromatic rings. The van der Waals surface area contributed by atoms with E-state index in [9.17, 15) is 5.11 Å². The molecule has 1 heterocycles. The lowest BCUT2D eigenvalue weighted by Gasteiger charge is -2.26. The normalized spacial score (nSPS) is 25.6. The predicted octanol–water partition coefficient (Wildman–Crippen LogP) is 2.90. The van der Waals surface area contributed by atoms with Gasteiger partial charge in [0.1, 0.15) is 6.10 Å². The lowest BCUT2D eigenvalue weighted by atomic mass is 9.84. The molecule has 1 aliphatic carbocycles. The average Bonchev–Trinajstić information content (AvgIpc) is 2.79. The molecule has 1 aliphatic rings. The zero-order valence-corrected chi connectivity index (χ0v) is 12.9. The summed E-state index contributed by atoms with van der Waals surface area (Å²) in [7, 11) is 1.66. The maximum atomic E-state index is 10.0.